The molecule has 33 heavy (non-hydrogen) atoms. The van der Waals surface area contributed by atoms with Crippen LogP contribution in [0, 0.1) is 0 Å². The average molecular weight is 466 g/mol. The van der Waals surface area contributed by atoms with Gasteiger partial charge in [0.1, 0.15) is 6.33 Å². The van der Waals surface area contributed by atoms with Crippen molar-refractivity contribution in [1.82, 2.24) is 14.9 Å². The molecule has 1 aliphatic heterocycles. The van der Waals surface area contributed by atoms with Crippen molar-refractivity contribution in [3.8, 4) is 11.1 Å². The van der Waals surface area contributed by atoms with Crippen molar-refractivity contribution < 1.29 is 17.8 Å². The summed E-state index contributed by atoms with van der Waals surface area (Å²) >= 11 is 0. The second-order valence-corrected chi connectivity index (χ2v) is 9.41. The third-order valence-corrected chi connectivity index (χ3v) is 6.43. The van der Waals surface area contributed by atoms with Crippen LogP contribution in [0.5, 0.6) is 0 Å². The lowest BCUT2D eigenvalue weighted by Gasteiger charge is -2.27. The van der Waals surface area contributed by atoms with Gasteiger partial charge in [0.15, 0.2) is 11.5 Å². The van der Waals surface area contributed by atoms with Crippen LogP contribution in [0.25, 0.3) is 11.1 Å². The normalized spacial score (nSPS) is 18.4. The van der Waals surface area contributed by atoms with Crippen molar-refractivity contribution in [1.29, 1.82) is 0 Å². The van der Waals surface area contributed by atoms with Gasteiger partial charge in [0.25, 0.3) is 16.0 Å². The monoisotopic (exact) mass is 465 g/mol. The Balaban J connectivity index is 1.80. The van der Waals surface area contributed by atoms with E-state index in [-0.39, 0.29) is 24.0 Å². The molecule has 10 heteroatoms. The van der Waals surface area contributed by atoms with E-state index in [0.29, 0.717) is 17.5 Å². The zero-order chi connectivity index (χ0) is 23.6. The van der Waals surface area contributed by atoms with Crippen molar-refractivity contribution in [2.24, 2.45) is 10.7 Å². The molecule has 0 saturated carbocycles. The van der Waals surface area contributed by atoms with Gasteiger partial charge in [0, 0.05) is 25.0 Å². The van der Waals surface area contributed by atoms with Crippen molar-refractivity contribution >= 4 is 22.0 Å². The molecule has 170 valence electrons. The van der Waals surface area contributed by atoms with Gasteiger partial charge < -0.3 is 5.73 Å². The Kier molecular flexibility index (Phi) is 5.96. The van der Waals surface area contributed by atoms with Crippen LogP contribution in [0.1, 0.15) is 23.1 Å². The number of aromatic nitrogens is 2. The SMILES string of the molecule is CN1C(=O)C(c2cccc(CCCS(=O)(=O)O)c2)(c2cccc(-c3cncnc3)c2)N=C1N. The first-order valence-electron chi connectivity index (χ1n) is 10.2. The standard InChI is InChI=1S/C23H23N5O4S/c1-28-21(29)23(27-22(28)24,19-8-2-5-16(11-19)6-4-10-33(30,31)32)20-9-3-7-17(12-20)18-13-25-15-26-14-18/h2-3,5,7-9,11-15H,4,6,10H2,1H3,(H2,24,27)(H,30,31,32). The van der Waals surface area contributed by atoms with Gasteiger partial charge in [0.2, 0.25) is 0 Å². The first-order chi connectivity index (χ1) is 15.7. The number of benzene rings is 2. The van der Waals surface area contributed by atoms with Crippen LogP contribution in [-0.2, 0) is 26.9 Å². The maximum atomic E-state index is 13.5. The van der Waals surface area contributed by atoms with Crippen LogP contribution in [-0.4, -0.2) is 52.5 Å². The first-order valence-corrected chi connectivity index (χ1v) is 11.9. The summed E-state index contributed by atoms with van der Waals surface area (Å²) in [5.41, 5.74) is 8.38. The molecule has 4 rings (SSSR count). The highest BCUT2D eigenvalue weighted by atomic mass is 32.2. The van der Waals surface area contributed by atoms with Crippen LogP contribution < -0.4 is 5.73 Å². The number of hydrogen-bond donors (Lipinski definition) is 2. The molecular weight excluding hydrogens is 442 g/mol. The van der Waals surface area contributed by atoms with Crippen molar-refractivity contribution in [2.45, 2.75) is 18.4 Å². The minimum atomic E-state index is -4.04. The number of aliphatic imine (C=N–C) groups is 1. The van der Waals surface area contributed by atoms with E-state index < -0.39 is 15.7 Å². The largest absolute Gasteiger partial charge is 0.369 e. The zero-order valence-corrected chi connectivity index (χ0v) is 18.7. The lowest BCUT2D eigenvalue weighted by Crippen LogP contribution is -2.41. The fourth-order valence-corrected chi connectivity index (χ4v) is 4.48. The lowest BCUT2D eigenvalue weighted by molar-refractivity contribution is -0.129. The fraction of sp³-hybridized carbons (Fsp3) is 0.217. The molecule has 0 aliphatic carbocycles. The third-order valence-electron chi connectivity index (χ3n) is 5.63. The van der Waals surface area contributed by atoms with E-state index in [1.165, 1.54) is 11.2 Å². The molecule has 3 aromatic rings. The predicted octanol–water partition coefficient (Wildman–Crippen LogP) is 1.99. The van der Waals surface area contributed by atoms with Crippen molar-refractivity contribution in [3.63, 3.8) is 0 Å². The molecule has 9 nitrogen and oxygen atoms in total. The number of nitrogens with zero attached hydrogens (tertiary/aromatic N) is 4. The summed E-state index contributed by atoms with van der Waals surface area (Å²) in [6, 6.07) is 14.7. The number of hydrogen-bond acceptors (Lipinski definition) is 7. The Labute approximate surface area is 191 Å². The Morgan fingerprint density at radius 3 is 2.33 bits per heavy atom. The molecule has 1 aromatic heterocycles. The number of guanidine groups is 1. The molecule has 0 radical (unpaired) electrons. The molecule has 1 aliphatic rings. The van der Waals surface area contributed by atoms with Gasteiger partial charge in [-0.15, -0.1) is 0 Å². The fourth-order valence-electron chi connectivity index (χ4n) is 3.97. The van der Waals surface area contributed by atoms with E-state index >= 15 is 0 Å². The number of amides is 1. The molecule has 2 aromatic carbocycles. The molecule has 1 atom stereocenters. The Hall–Kier alpha value is -3.63. The van der Waals surface area contributed by atoms with E-state index in [1.807, 2.05) is 36.4 Å². The highest BCUT2D eigenvalue weighted by molar-refractivity contribution is 7.85. The third kappa shape index (κ3) is 4.48. The van der Waals surface area contributed by atoms with E-state index in [2.05, 4.69) is 15.0 Å². The molecular formula is C23H23N5O4S. The number of aryl methyl sites for hydroxylation is 1. The lowest BCUT2D eigenvalue weighted by atomic mass is 9.81. The summed E-state index contributed by atoms with van der Waals surface area (Å²) in [7, 11) is -2.46. The molecule has 1 amide bonds. The quantitative estimate of drug-likeness (QED) is 0.509. The molecule has 2 heterocycles. The summed E-state index contributed by atoms with van der Waals surface area (Å²) < 4.78 is 31.1. The maximum Gasteiger partial charge on any atom is 0.266 e. The zero-order valence-electron chi connectivity index (χ0n) is 17.9. The molecule has 0 bridgehead atoms. The van der Waals surface area contributed by atoms with E-state index in [9.17, 15) is 13.2 Å². The number of carbonyl (C=O) groups excluding carboxylic acids is 1. The number of rotatable bonds is 7. The van der Waals surface area contributed by atoms with Crippen LogP contribution in [0.15, 0.2) is 72.2 Å². The Morgan fingerprint density at radius 1 is 1.03 bits per heavy atom. The summed E-state index contributed by atoms with van der Waals surface area (Å²) in [6.07, 6.45) is 5.48. The maximum absolute atomic E-state index is 13.5. The van der Waals surface area contributed by atoms with Gasteiger partial charge in [-0.25, -0.2) is 15.0 Å². The van der Waals surface area contributed by atoms with E-state index in [1.54, 1.807) is 31.6 Å². The van der Waals surface area contributed by atoms with Crippen LogP contribution >= 0.6 is 0 Å². The smallest absolute Gasteiger partial charge is 0.266 e. The highest BCUT2D eigenvalue weighted by Crippen LogP contribution is 2.40. The van der Waals surface area contributed by atoms with Crippen molar-refractivity contribution in [2.75, 3.05) is 12.8 Å². The minimum absolute atomic E-state index is 0.102. The Morgan fingerprint density at radius 2 is 1.70 bits per heavy atom. The predicted molar refractivity (Wildman–Crippen MR) is 124 cm³/mol. The molecule has 0 spiro atoms. The van der Waals surface area contributed by atoms with Crippen LogP contribution in [0.4, 0.5) is 0 Å². The van der Waals surface area contributed by atoms with E-state index in [0.717, 1.165) is 16.7 Å². The topological polar surface area (TPSA) is 139 Å². The second-order valence-electron chi connectivity index (χ2n) is 7.84. The molecule has 0 saturated heterocycles. The average Bonchev–Trinajstić information content (AvgIpc) is 3.04. The second kappa shape index (κ2) is 8.72. The van der Waals surface area contributed by atoms with E-state index in [4.69, 9.17) is 10.3 Å². The molecule has 1 unspecified atom stereocenters. The Bertz CT molecular complexity index is 1330. The van der Waals surface area contributed by atoms with Gasteiger partial charge >= 0.3 is 0 Å². The number of nitrogens with two attached hydrogens (primary N) is 1. The number of carbonyl (C=O) groups is 1. The summed E-state index contributed by atoms with van der Waals surface area (Å²) in [5, 5.41) is 0. The first kappa shape index (κ1) is 22.6. The van der Waals surface area contributed by atoms with Crippen molar-refractivity contribution in [3.05, 3.63) is 83.9 Å². The molecule has 3 N–H and O–H groups in total. The highest BCUT2D eigenvalue weighted by Gasteiger charge is 2.49. The summed E-state index contributed by atoms with van der Waals surface area (Å²) in [6.45, 7) is 0. The van der Waals surface area contributed by atoms with Gasteiger partial charge in [-0.05, 0) is 41.2 Å². The van der Waals surface area contributed by atoms with Gasteiger partial charge in [-0.1, -0.05) is 42.5 Å². The van der Waals surface area contributed by atoms with Gasteiger partial charge in [-0.2, -0.15) is 8.42 Å². The van der Waals surface area contributed by atoms with Crippen LogP contribution in [0.2, 0.25) is 0 Å². The van der Waals surface area contributed by atoms with Gasteiger partial charge in [0.05, 0.1) is 5.75 Å². The van der Waals surface area contributed by atoms with Crippen LogP contribution in [0.3, 0.4) is 0 Å². The van der Waals surface area contributed by atoms with Gasteiger partial charge in [-0.3, -0.25) is 14.2 Å². The summed E-state index contributed by atoms with van der Waals surface area (Å²) in [5.74, 6) is -0.530. The number of likely N-dealkylation sites (N-methyl/N-ethyl adjacent to an activating group) is 1. The molecule has 0 fully saturated rings. The summed E-state index contributed by atoms with van der Waals surface area (Å²) in [4.78, 5) is 27.6. The minimum Gasteiger partial charge on any atom is -0.369 e.